The van der Waals surface area contributed by atoms with Crippen LogP contribution in [-0.2, 0) is 13.9 Å². The van der Waals surface area contributed by atoms with Crippen LogP contribution in [0.2, 0.25) is 0 Å². The van der Waals surface area contributed by atoms with E-state index in [0.29, 0.717) is 28.4 Å². The Bertz CT molecular complexity index is 668. The van der Waals surface area contributed by atoms with Crippen molar-refractivity contribution in [3.05, 3.63) is 24.3 Å². The summed E-state index contributed by atoms with van der Waals surface area (Å²) < 4.78 is 22.3. The number of nitrogens with one attached hydrogen (secondary N) is 1. The molecule has 0 heterocycles. The topological polar surface area (TPSA) is 87.7 Å². The lowest BCUT2D eigenvalue weighted by Crippen LogP contribution is -2.37. The van der Waals surface area contributed by atoms with Gasteiger partial charge in [0.05, 0.1) is 21.1 Å². The highest BCUT2D eigenvalue weighted by atomic mass is 32.1. The minimum absolute atomic E-state index is 0.0427. The number of carbonyl (C=O) groups is 1. The second-order valence-corrected chi connectivity index (χ2v) is 10.4. The SMILES string of the molecule is C[N+](C)(C)CCOP(=O)([O-])Oc1ccc(NC(=O)CCCCC(S)CCS)cc1. The van der Waals surface area contributed by atoms with E-state index in [1.54, 1.807) is 12.1 Å². The molecule has 1 aromatic carbocycles. The van der Waals surface area contributed by atoms with Gasteiger partial charge in [0.2, 0.25) is 5.91 Å². The molecule has 0 fully saturated rings. The second kappa shape index (κ2) is 12.9. The van der Waals surface area contributed by atoms with E-state index in [2.05, 4.69) is 30.6 Å². The van der Waals surface area contributed by atoms with Crippen molar-refractivity contribution >= 4 is 44.7 Å². The van der Waals surface area contributed by atoms with Crippen LogP contribution < -0.4 is 14.7 Å². The third-order valence-electron chi connectivity index (χ3n) is 4.02. The number of benzene rings is 1. The van der Waals surface area contributed by atoms with Crippen molar-refractivity contribution in [2.24, 2.45) is 0 Å². The van der Waals surface area contributed by atoms with Crippen molar-refractivity contribution < 1.29 is 27.8 Å². The van der Waals surface area contributed by atoms with E-state index in [4.69, 9.17) is 9.05 Å². The smallest absolute Gasteiger partial charge is 0.319 e. The van der Waals surface area contributed by atoms with E-state index in [1.165, 1.54) is 12.1 Å². The molecule has 1 amide bonds. The number of thiol groups is 2. The van der Waals surface area contributed by atoms with Gasteiger partial charge in [-0.3, -0.25) is 9.36 Å². The van der Waals surface area contributed by atoms with Gasteiger partial charge in [-0.2, -0.15) is 25.3 Å². The van der Waals surface area contributed by atoms with Crippen LogP contribution in [-0.4, -0.2) is 55.7 Å². The van der Waals surface area contributed by atoms with E-state index < -0.39 is 7.82 Å². The molecular weight excluding hydrogens is 431 g/mol. The first-order valence-corrected chi connectivity index (χ1v) is 12.3. The third-order valence-corrected chi connectivity index (χ3v) is 5.73. The number of amides is 1. The molecule has 0 saturated heterocycles. The quantitative estimate of drug-likeness (QED) is 0.170. The first-order valence-electron chi connectivity index (χ1n) is 9.65. The average Bonchev–Trinajstić information content (AvgIpc) is 2.59. The van der Waals surface area contributed by atoms with Crippen LogP contribution in [0, 0.1) is 0 Å². The zero-order chi connectivity index (χ0) is 21.9. The highest BCUT2D eigenvalue weighted by molar-refractivity contribution is 7.81. The summed E-state index contributed by atoms with van der Waals surface area (Å²) in [4.78, 5) is 23.9. The zero-order valence-electron chi connectivity index (χ0n) is 17.4. The van der Waals surface area contributed by atoms with Crippen molar-refractivity contribution in [3.8, 4) is 5.75 Å². The molecule has 1 rings (SSSR count). The number of anilines is 1. The number of carbonyl (C=O) groups excluding carboxylic acids is 1. The number of hydrogen-bond acceptors (Lipinski definition) is 7. The predicted octanol–water partition coefficient (Wildman–Crippen LogP) is 3.37. The summed E-state index contributed by atoms with van der Waals surface area (Å²) in [6.07, 6.45) is 4.09. The number of likely N-dealkylation sites (N-methyl/N-ethyl adjacent to an activating group) is 1. The number of nitrogens with zero attached hydrogens (tertiary/aromatic N) is 1. The predicted molar refractivity (Wildman–Crippen MR) is 122 cm³/mol. The van der Waals surface area contributed by atoms with Crippen LogP contribution in [0.5, 0.6) is 5.75 Å². The monoisotopic (exact) mass is 464 g/mol. The van der Waals surface area contributed by atoms with Gasteiger partial charge in [-0.1, -0.05) is 6.42 Å². The lowest BCUT2D eigenvalue weighted by Gasteiger charge is -2.27. The Morgan fingerprint density at radius 2 is 1.86 bits per heavy atom. The van der Waals surface area contributed by atoms with Gasteiger partial charge in [0.25, 0.3) is 0 Å². The Morgan fingerprint density at radius 1 is 1.21 bits per heavy atom. The number of unbranched alkanes of at least 4 members (excludes halogenated alkanes) is 1. The minimum atomic E-state index is -4.43. The van der Waals surface area contributed by atoms with E-state index in [0.717, 1.165) is 31.4 Å². The van der Waals surface area contributed by atoms with Gasteiger partial charge < -0.3 is 23.7 Å². The van der Waals surface area contributed by atoms with Gasteiger partial charge in [-0.25, -0.2) is 0 Å². The lowest BCUT2D eigenvalue weighted by molar-refractivity contribution is -0.870. The molecule has 0 aliphatic heterocycles. The third kappa shape index (κ3) is 13.3. The zero-order valence-corrected chi connectivity index (χ0v) is 20.1. The molecule has 0 bridgehead atoms. The van der Waals surface area contributed by atoms with Crippen molar-refractivity contribution in [3.63, 3.8) is 0 Å². The molecule has 0 aromatic heterocycles. The summed E-state index contributed by atoms with van der Waals surface area (Å²) in [6, 6.07) is 6.14. The lowest BCUT2D eigenvalue weighted by atomic mass is 10.1. The van der Waals surface area contributed by atoms with E-state index in [-0.39, 0.29) is 18.3 Å². The van der Waals surface area contributed by atoms with Crippen molar-refractivity contribution in [2.75, 3.05) is 45.4 Å². The van der Waals surface area contributed by atoms with Crippen molar-refractivity contribution in [1.29, 1.82) is 0 Å². The molecule has 7 nitrogen and oxygen atoms in total. The van der Waals surface area contributed by atoms with Gasteiger partial charge in [-0.15, -0.1) is 0 Å². The molecule has 0 aliphatic carbocycles. The molecule has 1 aromatic rings. The second-order valence-electron chi connectivity index (χ2n) is 7.87. The normalized spacial score (nSPS) is 14.8. The molecule has 29 heavy (non-hydrogen) atoms. The standard InChI is InChI=1S/C19H33N2O5PS2/c1-21(2,3)13-14-25-27(23,24)26-17-10-8-16(9-11-17)20-19(22)7-5-4-6-18(29)12-15-28/h8-11,18H,4-7,12-15H2,1-3H3,(H3-,20,22,23,24,28,29). The molecule has 166 valence electrons. The summed E-state index contributed by atoms with van der Waals surface area (Å²) in [5, 5.41) is 3.12. The van der Waals surface area contributed by atoms with Gasteiger partial charge in [0.15, 0.2) is 0 Å². The molecule has 0 radical (unpaired) electrons. The van der Waals surface area contributed by atoms with Gasteiger partial charge >= 0.3 is 7.82 Å². The molecule has 10 heteroatoms. The number of rotatable bonds is 14. The molecule has 0 aliphatic rings. The number of phosphoric acid groups is 1. The molecule has 0 spiro atoms. The minimum Gasteiger partial charge on any atom is -0.746 e. The molecule has 1 N–H and O–H groups in total. The van der Waals surface area contributed by atoms with Crippen molar-refractivity contribution in [1.82, 2.24) is 0 Å². The first kappa shape index (κ1) is 26.3. The van der Waals surface area contributed by atoms with Crippen LogP contribution in [0.1, 0.15) is 32.1 Å². The van der Waals surface area contributed by atoms with Crippen LogP contribution >= 0.6 is 33.1 Å². The van der Waals surface area contributed by atoms with Crippen molar-refractivity contribution in [2.45, 2.75) is 37.4 Å². The van der Waals surface area contributed by atoms with E-state index >= 15 is 0 Å². The fourth-order valence-corrected chi connectivity index (χ4v) is 3.93. The Kier molecular flexibility index (Phi) is 11.7. The molecular formula is C19H33N2O5PS2. The fraction of sp³-hybridized carbons (Fsp3) is 0.632. The Labute approximate surface area is 185 Å². The fourth-order valence-electron chi connectivity index (χ4n) is 2.36. The number of hydrogen-bond donors (Lipinski definition) is 3. The van der Waals surface area contributed by atoms with Crippen LogP contribution in [0.15, 0.2) is 24.3 Å². The maximum absolute atomic E-state index is 12.0. The first-order chi connectivity index (χ1) is 13.5. The Hall–Kier alpha value is -0.700. The van der Waals surface area contributed by atoms with Crippen LogP contribution in [0.4, 0.5) is 5.69 Å². The highest BCUT2D eigenvalue weighted by Gasteiger charge is 2.15. The van der Waals surface area contributed by atoms with E-state index in [9.17, 15) is 14.3 Å². The maximum atomic E-state index is 12.0. The summed E-state index contributed by atoms with van der Waals surface area (Å²) in [5.41, 5.74) is 0.580. The molecule has 2 unspecified atom stereocenters. The maximum Gasteiger partial charge on any atom is 0.319 e. The van der Waals surface area contributed by atoms with E-state index in [1.807, 2.05) is 21.1 Å². The highest BCUT2D eigenvalue weighted by Crippen LogP contribution is 2.39. The average molecular weight is 465 g/mol. The summed E-state index contributed by atoms with van der Waals surface area (Å²) >= 11 is 8.66. The largest absolute Gasteiger partial charge is 0.746 e. The summed E-state index contributed by atoms with van der Waals surface area (Å²) in [6.45, 7) is 0.575. The summed E-state index contributed by atoms with van der Waals surface area (Å²) in [7, 11) is 1.38. The number of quaternary nitrogens is 1. The van der Waals surface area contributed by atoms with Gasteiger partial charge in [-0.05, 0) is 49.3 Å². The van der Waals surface area contributed by atoms with Crippen LogP contribution in [0.3, 0.4) is 0 Å². The Morgan fingerprint density at radius 3 is 2.45 bits per heavy atom. The Balaban J connectivity index is 2.37. The summed E-state index contributed by atoms with van der Waals surface area (Å²) in [5.74, 6) is 0.871. The van der Waals surface area contributed by atoms with Gasteiger partial charge in [0.1, 0.15) is 18.9 Å². The van der Waals surface area contributed by atoms with Gasteiger partial charge in [0, 0.05) is 17.4 Å². The molecule has 0 saturated carbocycles. The molecule has 2 atom stereocenters. The van der Waals surface area contributed by atoms with Crippen LogP contribution in [0.25, 0.3) is 0 Å². The number of phosphoric ester groups is 1.